The van der Waals surface area contributed by atoms with Crippen molar-refractivity contribution in [1.29, 1.82) is 0 Å². The van der Waals surface area contributed by atoms with Gasteiger partial charge in [-0.3, -0.25) is 0 Å². The van der Waals surface area contributed by atoms with E-state index >= 15 is 0 Å². The summed E-state index contributed by atoms with van der Waals surface area (Å²) in [5, 5.41) is 3.58. The number of aromatic nitrogens is 2. The molecular weight excluding hydrogens is 380 g/mol. The molecule has 2 aromatic rings. The lowest BCUT2D eigenvalue weighted by Crippen LogP contribution is -2.00. The van der Waals surface area contributed by atoms with Gasteiger partial charge in [-0.05, 0) is 53.6 Å². The summed E-state index contributed by atoms with van der Waals surface area (Å²) in [5.74, 6) is 1.61. The summed E-state index contributed by atoms with van der Waals surface area (Å²) < 4.78 is 13.8. The van der Waals surface area contributed by atoms with Gasteiger partial charge in [0.2, 0.25) is 0 Å². The molecule has 1 aromatic carbocycles. The fourth-order valence-electron chi connectivity index (χ4n) is 1.75. The van der Waals surface area contributed by atoms with Crippen LogP contribution in [0.5, 0.6) is 0 Å². The van der Waals surface area contributed by atoms with Gasteiger partial charge in [0.1, 0.15) is 22.6 Å². The van der Waals surface area contributed by atoms with Crippen molar-refractivity contribution in [3.63, 3.8) is 0 Å². The molecule has 3 nitrogen and oxygen atoms in total. The Morgan fingerprint density at radius 3 is 2.74 bits per heavy atom. The molecule has 1 aliphatic rings. The molecule has 19 heavy (non-hydrogen) atoms. The number of rotatable bonds is 3. The smallest absolute Gasteiger partial charge is 0.135 e. The number of nitrogens with zero attached hydrogens (tertiary/aromatic N) is 2. The molecular formula is C13H10ClFIN3. The number of hydrogen-bond donors (Lipinski definition) is 1. The summed E-state index contributed by atoms with van der Waals surface area (Å²) in [6, 6.07) is 6.24. The normalized spacial score (nSPS) is 14.5. The average Bonchev–Trinajstić information content (AvgIpc) is 3.16. The zero-order chi connectivity index (χ0) is 13.4. The number of hydrogen-bond acceptors (Lipinski definition) is 3. The van der Waals surface area contributed by atoms with Crippen LogP contribution in [0.2, 0.25) is 5.15 Å². The molecule has 1 aromatic heterocycles. The lowest BCUT2D eigenvalue weighted by Gasteiger charge is -2.09. The molecule has 1 heterocycles. The molecule has 0 spiro atoms. The van der Waals surface area contributed by atoms with Gasteiger partial charge in [0.25, 0.3) is 0 Å². The van der Waals surface area contributed by atoms with Crippen LogP contribution in [0.4, 0.5) is 15.9 Å². The molecule has 0 radical (unpaired) electrons. The highest BCUT2D eigenvalue weighted by atomic mass is 127. The van der Waals surface area contributed by atoms with E-state index in [9.17, 15) is 4.39 Å². The number of halogens is 3. The zero-order valence-electron chi connectivity index (χ0n) is 9.83. The van der Waals surface area contributed by atoms with E-state index in [1.54, 1.807) is 12.1 Å². The maximum atomic E-state index is 13.0. The van der Waals surface area contributed by atoms with Crippen LogP contribution in [0.3, 0.4) is 0 Å². The molecule has 0 unspecified atom stereocenters. The summed E-state index contributed by atoms with van der Waals surface area (Å²) in [5.41, 5.74) is 0.804. The SMILES string of the molecule is Fc1ccc(Nc2cc(Cl)nc(C3CC3)n2)c(I)c1. The minimum Gasteiger partial charge on any atom is -0.339 e. The molecule has 1 N–H and O–H groups in total. The van der Waals surface area contributed by atoms with E-state index in [1.165, 1.54) is 12.1 Å². The standard InChI is InChI=1S/C13H10ClFIN3/c14-11-6-12(19-13(18-11)7-1-2-7)17-10-4-3-8(15)5-9(10)16/h3-7H,1-2H2,(H,17,18,19). The monoisotopic (exact) mass is 389 g/mol. The van der Waals surface area contributed by atoms with Gasteiger partial charge in [-0.15, -0.1) is 0 Å². The number of nitrogens with one attached hydrogen (secondary N) is 1. The van der Waals surface area contributed by atoms with Gasteiger partial charge in [-0.2, -0.15) is 0 Å². The van der Waals surface area contributed by atoms with Gasteiger partial charge in [-0.1, -0.05) is 11.6 Å². The summed E-state index contributed by atoms with van der Waals surface area (Å²) in [7, 11) is 0. The largest absolute Gasteiger partial charge is 0.339 e. The molecule has 6 heteroatoms. The van der Waals surface area contributed by atoms with Crippen LogP contribution in [0, 0.1) is 9.39 Å². The van der Waals surface area contributed by atoms with E-state index in [1.807, 2.05) is 0 Å². The zero-order valence-corrected chi connectivity index (χ0v) is 12.7. The maximum absolute atomic E-state index is 13.0. The first-order chi connectivity index (χ1) is 9.11. The van der Waals surface area contributed by atoms with Gasteiger partial charge in [-0.25, -0.2) is 14.4 Å². The Morgan fingerprint density at radius 2 is 2.05 bits per heavy atom. The molecule has 1 fully saturated rings. The van der Waals surface area contributed by atoms with E-state index in [2.05, 4.69) is 37.9 Å². The first kappa shape index (κ1) is 13.1. The van der Waals surface area contributed by atoms with Gasteiger partial charge in [0.15, 0.2) is 0 Å². The van der Waals surface area contributed by atoms with Gasteiger partial charge in [0, 0.05) is 15.6 Å². The average molecular weight is 390 g/mol. The Bertz CT molecular complexity index is 631. The van der Waals surface area contributed by atoms with Crippen molar-refractivity contribution < 1.29 is 4.39 Å². The minimum absolute atomic E-state index is 0.255. The molecule has 1 aliphatic carbocycles. The minimum atomic E-state index is -0.255. The lowest BCUT2D eigenvalue weighted by atomic mass is 10.3. The Balaban J connectivity index is 1.89. The van der Waals surface area contributed by atoms with Crippen molar-refractivity contribution in [1.82, 2.24) is 9.97 Å². The number of anilines is 2. The summed E-state index contributed by atoms with van der Waals surface area (Å²) in [4.78, 5) is 8.68. The second-order valence-corrected chi connectivity index (χ2v) is 6.01. The van der Waals surface area contributed by atoms with E-state index in [0.29, 0.717) is 16.9 Å². The van der Waals surface area contributed by atoms with Crippen molar-refractivity contribution in [3.8, 4) is 0 Å². The van der Waals surface area contributed by atoms with E-state index in [0.717, 1.165) is 27.9 Å². The van der Waals surface area contributed by atoms with Crippen molar-refractivity contribution >= 4 is 45.7 Å². The van der Waals surface area contributed by atoms with Crippen molar-refractivity contribution in [3.05, 3.63) is 44.6 Å². The Labute approximate surface area is 128 Å². The second kappa shape index (κ2) is 5.20. The predicted molar refractivity (Wildman–Crippen MR) is 81.4 cm³/mol. The van der Waals surface area contributed by atoms with Crippen LogP contribution in [0.15, 0.2) is 24.3 Å². The van der Waals surface area contributed by atoms with Crippen molar-refractivity contribution in [2.24, 2.45) is 0 Å². The third-order valence-corrected chi connectivity index (χ3v) is 3.93. The molecule has 98 valence electrons. The highest BCUT2D eigenvalue weighted by Crippen LogP contribution is 2.39. The highest BCUT2D eigenvalue weighted by Gasteiger charge is 2.27. The molecule has 0 amide bonds. The Kier molecular flexibility index (Phi) is 3.58. The third-order valence-electron chi connectivity index (χ3n) is 2.85. The quantitative estimate of drug-likeness (QED) is 0.621. The van der Waals surface area contributed by atoms with E-state index < -0.39 is 0 Å². The van der Waals surface area contributed by atoms with Gasteiger partial charge >= 0.3 is 0 Å². The lowest BCUT2D eigenvalue weighted by molar-refractivity contribution is 0.627. The van der Waals surface area contributed by atoms with Crippen molar-refractivity contribution in [2.45, 2.75) is 18.8 Å². The third kappa shape index (κ3) is 3.14. The Morgan fingerprint density at radius 1 is 1.26 bits per heavy atom. The molecule has 0 bridgehead atoms. The molecule has 0 saturated heterocycles. The predicted octanol–water partition coefficient (Wildman–Crippen LogP) is 4.49. The number of benzene rings is 1. The van der Waals surface area contributed by atoms with Crippen LogP contribution in [0.25, 0.3) is 0 Å². The van der Waals surface area contributed by atoms with Crippen LogP contribution in [0.1, 0.15) is 24.6 Å². The second-order valence-electron chi connectivity index (χ2n) is 4.46. The fourth-order valence-corrected chi connectivity index (χ4v) is 2.55. The van der Waals surface area contributed by atoms with Crippen LogP contribution in [-0.2, 0) is 0 Å². The summed E-state index contributed by atoms with van der Waals surface area (Å²) in [6.45, 7) is 0. The first-order valence-corrected chi connectivity index (χ1v) is 7.34. The van der Waals surface area contributed by atoms with Crippen molar-refractivity contribution in [2.75, 3.05) is 5.32 Å². The Hall–Kier alpha value is -0.950. The molecule has 1 saturated carbocycles. The molecule has 0 atom stereocenters. The first-order valence-electron chi connectivity index (χ1n) is 5.88. The highest BCUT2D eigenvalue weighted by molar-refractivity contribution is 14.1. The fraction of sp³-hybridized carbons (Fsp3) is 0.231. The van der Waals surface area contributed by atoms with E-state index in [4.69, 9.17) is 11.6 Å². The molecule has 3 rings (SSSR count). The topological polar surface area (TPSA) is 37.8 Å². The van der Waals surface area contributed by atoms with Gasteiger partial charge in [0.05, 0.1) is 5.69 Å². The summed E-state index contributed by atoms with van der Waals surface area (Å²) in [6.07, 6.45) is 2.24. The van der Waals surface area contributed by atoms with E-state index in [-0.39, 0.29) is 5.82 Å². The molecule has 0 aliphatic heterocycles. The van der Waals surface area contributed by atoms with Crippen LogP contribution >= 0.6 is 34.2 Å². The van der Waals surface area contributed by atoms with Crippen LogP contribution < -0.4 is 5.32 Å². The maximum Gasteiger partial charge on any atom is 0.135 e. The van der Waals surface area contributed by atoms with Gasteiger partial charge < -0.3 is 5.32 Å². The van der Waals surface area contributed by atoms with Crippen LogP contribution in [-0.4, -0.2) is 9.97 Å². The summed E-state index contributed by atoms with van der Waals surface area (Å²) >= 11 is 8.08.